The molecule has 0 aliphatic rings. The Bertz CT molecular complexity index is 651. The number of hydrogen-bond acceptors (Lipinski definition) is 5. The fourth-order valence-electron chi connectivity index (χ4n) is 3.88. The van der Waals surface area contributed by atoms with Crippen molar-refractivity contribution in [2.75, 3.05) is 13.7 Å². The molecule has 0 amide bonds. The Morgan fingerprint density at radius 2 is 1.22 bits per heavy atom. The van der Waals surface area contributed by atoms with Gasteiger partial charge < -0.3 is 14.2 Å². The molecule has 0 unspecified atom stereocenters. The van der Waals surface area contributed by atoms with Crippen LogP contribution >= 0.6 is 0 Å². The van der Waals surface area contributed by atoms with Crippen molar-refractivity contribution in [1.29, 1.82) is 0 Å². The first kappa shape index (κ1) is 28.0. The smallest absolute Gasteiger partial charge is 0.328 e. The highest BCUT2D eigenvalue weighted by atomic mass is 16.6. The summed E-state index contributed by atoms with van der Waals surface area (Å²) >= 11 is 0. The Morgan fingerprint density at radius 3 is 1.72 bits per heavy atom. The van der Waals surface area contributed by atoms with Gasteiger partial charge in [0.1, 0.15) is 0 Å². The minimum atomic E-state index is -1.29. The molecule has 0 aliphatic heterocycles. The average Bonchev–Trinajstić information content (AvgIpc) is 2.81. The number of ether oxygens (including phenoxy) is 3. The van der Waals surface area contributed by atoms with Gasteiger partial charge in [-0.2, -0.15) is 0 Å². The lowest BCUT2D eigenvalue weighted by Gasteiger charge is -2.27. The van der Waals surface area contributed by atoms with Crippen LogP contribution in [0, 0.1) is 5.41 Å². The van der Waals surface area contributed by atoms with E-state index in [0.29, 0.717) is 30.9 Å². The molecule has 0 aliphatic carbocycles. The second-order valence-electron chi connectivity index (χ2n) is 8.50. The number of hydrogen-bond donors (Lipinski definition) is 0. The van der Waals surface area contributed by atoms with Crippen LogP contribution in [-0.2, 0) is 14.3 Å². The summed E-state index contributed by atoms with van der Waals surface area (Å²) in [5, 5.41) is 0. The Morgan fingerprint density at radius 1 is 0.719 bits per heavy atom. The monoisotopic (exact) mass is 448 g/mol. The van der Waals surface area contributed by atoms with E-state index in [0.717, 1.165) is 19.3 Å². The highest BCUT2D eigenvalue weighted by molar-refractivity contribution is 6.00. The zero-order chi connectivity index (χ0) is 23.7. The number of unbranched alkanes of at least 4 members (excludes halogenated alkanes) is 10. The standard InChI is InChI=1S/C27H44O5/c1-5-8-9-10-11-12-13-14-15-16-19-22-31-25(28)27(6-2,7-3)26(29)32-24-21-18-17-20-23(24)30-4/h17-18,20-21H,5-16,19,22H2,1-4H3. The number of carbonyl (C=O) groups excluding carboxylic acids is 2. The molecule has 0 bridgehead atoms. The molecule has 1 aromatic rings. The van der Waals surface area contributed by atoms with E-state index < -0.39 is 17.4 Å². The fourth-order valence-corrected chi connectivity index (χ4v) is 3.88. The van der Waals surface area contributed by atoms with Crippen LogP contribution in [-0.4, -0.2) is 25.7 Å². The van der Waals surface area contributed by atoms with Crippen LogP contribution in [0.3, 0.4) is 0 Å². The van der Waals surface area contributed by atoms with Crippen molar-refractivity contribution in [3.63, 3.8) is 0 Å². The molecule has 5 heteroatoms. The third kappa shape index (κ3) is 9.22. The first-order valence-electron chi connectivity index (χ1n) is 12.6. The van der Waals surface area contributed by atoms with Crippen LogP contribution in [0.1, 0.15) is 104 Å². The molecule has 0 atom stereocenters. The van der Waals surface area contributed by atoms with E-state index in [1.165, 1.54) is 58.5 Å². The van der Waals surface area contributed by atoms with Gasteiger partial charge in [0, 0.05) is 0 Å². The molecule has 0 fully saturated rings. The third-order valence-electron chi connectivity index (χ3n) is 6.24. The zero-order valence-electron chi connectivity index (χ0n) is 20.8. The summed E-state index contributed by atoms with van der Waals surface area (Å²) in [6, 6.07) is 6.93. The Balaban J connectivity index is 2.37. The zero-order valence-corrected chi connectivity index (χ0v) is 20.8. The van der Waals surface area contributed by atoms with E-state index in [2.05, 4.69) is 6.92 Å². The van der Waals surface area contributed by atoms with Crippen molar-refractivity contribution >= 4 is 11.9 Å². The van der Waals surface area contributed by atoms with Gasteiger partial charge in [0.05, 0.1) is 13.7 Å². The largest absolute Gasteiger partial charge is 0.493 e. The molecule has 0 saturated heterocycles. The first-order valence-corrected chi connectivity index (χ1v) is 12.6. The summed E-state index contributed by atoms with van der Waals surface area (Å²) in [6.07, 6.45) is 14.3. The number of esters is 2. The van der Waals surface area contributed by atoms with Gasteiger partial charge in [-0.05, 0) is 31.4 Å². The van der Waals surface area contributed by atoms with Crippen molar-refractivity contribution in [2.45, 2.75) is 104 Å². The van der Waals surface area contributed by atoms with E-state index in [-0.39, 0.29) is 0 Å². The number of methoxy groups -OCH3 is 1. The molecule has 0 N–H and O–H groups in total. The van der Waals surface area contributed by atoms with Crippen molar-refractivity contribution < 1.29 is 23.8 Å². The molecule has 1 rings (SSSR count). The van der Waals surface area contributed by atoms with Gasteiger partial charge in [0.15, 0.2) is 16.9 Å². The predicted molar refractivity (Wildman–Crippen MR) is 129 cm³/mol. The van der Waals surface area contributed by atoms with Crippen molar-refractivity contribution in [3.05, 3.63) is 24.3 Å². The number of rotatable bonds is 18. The van der Waals surface area contributed by atoms with Crippen molar-refractivity contribution in [1.82, 2.24) is 0 Å². The lowest BCUT2D eigenvalue weighted by molar-refractivity contribution is -0.168. The molecule has 1 aromatic carbocycles. The normalized spacial score (nSPS) is 11.2. The summed E-state index contributed by atoms with van der Waals surface area (Å²) in [5.74, 6) is -0.314. The topological polar surface area (TPSA) is 61.8 Å². The summed E-state index contributed by atoms with van der Waals surface area (Å²) in [5.41, 5.74) is -1.29. The van der Waals surface area contributed by atoms with E-state index >= 15 is 0 Å². The molecule has 182 valence electrons. The minimum absolute atomic E-state index is 0.310. The SMILES string of the molecule is CCCCCCCCCCCCCOC(=O)C(CC)(CC)C(=O)Oc1ccccc1OC. The third-order valence-corrected chi connectivity index (χ3v) is 6.24. The van der Waals surface area contributed by atoms with Gasteiger partial charge in [0.2, 0.25) is 0 Å². The molecular formula is C27H44O5. The summed E-state index contributed by atoms with van der Waals surface area (Å²) in [4.78, 5) is 25.8. The van der Waals surface area contributed by atoms with Gasteiger partial charge in [-0.3, -0.25) is 9.59 Å². The maximum absolute atomic E-state index is 12.9. The van der Waals surface area contributed by atoms with E-state index in [4.69, 9.17) is 14.2 Å². The van der Waals surface area contributed by atoms with Crippen LogP contribution in [0.5, 0.6) is 11.5 Å². The minimum Gasteiger partial charge on any atom is -0.493 e. The first-order chi connectivity index (χ1) is 15.6. The molecule has 0 aromatic heterocycles. The highest BCUT2D eigenvalue weighted by Crippen LogP contribution is 2.34. The number of para-hydroxylation sites is 2. The Kier molecular flexibility index (Phi) is 14.5. The van der Waals surface area contributed by atoms with Crippen LogP contribution < -0.4 is 9.47 Å². The summed E-state index contributed by atoms with van der Waals surface area (Å²) in [7, 11) is 1.52. The molecule has 5 nitrogen and oxygen atoms in total. The Labute approximate surface area is 195 Å². The van der Waals surface area contributed by atoms with Gasteiger partial charge in [-0.25, -0.2) is 0 Å². The van der Waals surface area contributed by atoms with Crippen molar-refractivity contribution in [3.8, 4) is 11.5 Å². The lowest BCUT2D eigenvalue weighted by Crippen LogP contribution is -2.42. The maximum atomic E-state index is 12.9. The van der Waals surface area contributed by atoms with Crippen LogP contribution in [0.25, 0.3) is 0 Å². The molecule has 32 heavy (non-hydrogen) atoms. The summed E-state index contributed by atoms with van der Waals surface area (Å²) < 4.78 is 16.3. The van der Waals surface area contributed by atoms with Crippen LogP contribution in [0.4, 0.5) is 0 Å². The van der Waals surface area contributed by atoms with E-state index in [9.17, 15) is 9.59 Å². The van der Waals surface area contributed by atoms with Gasteiger partial charge >= 0.3 is 11.9 Å². The molecule has 0 radical (unpaired) electrons. The van der Waals surface area contributed by atoms with E-state index in [1.807, 2.05) is 13.8 Å². The van der Waals surface area contributed by atoms with Gasteiger partial charge in [0.25, 0.3) is 0 Å². The fraction of sp³-hybridized carbons (Fsp3) is 0.704. The van der Waals surface area contributed by atoms with Crippen molar-refractivity contribution in [2.24, 2.45) is 5.41 Å². The van der Waals surface area contributed by atoms with Crippen LogP contribution in [0.15, 0.2) is 24.3 Å². The average molecular weight is 449 g/mol. The molecule has 0 spiro atoms. The second-order valence-corrected chi connectivity index (χ2v) is 8.50. The highest BCUT2D eigenvalue weighted by Gasteiger charge is 2.46. The lowest BCUT2D eigenvalue weighted by atomic mass is 9.82. The maximum Gasteiger partial charge on any atom is 0.328 e. The number of carbonyl (C=O) groups is 2. The van der Waals surface area contributed by atoms with E-state index in [1.54, 1.807) is 24.3 Å². The molecule has 0 heterocycles. The quantitative estimate of drug-likeness (QED) is 0.102. The van der Waals surface area contributed by atoms with Crippen LogP contribution in [0.2, 0.25) is 0 Å². The Hall–Kier alpha value is -2.04. The second kappa shape index (κ2) is 16.6. The number of benzene rings is 1. The summed E-state index contributed by atoms with van der Waals surface area (Å²) in [6.45, 7) is 6.22. The molecular weight excluding hydrogens is 404 g/mol. The predicted octanol–water partition coefficient (Wildman–Crippen LogP) is 7.26. The molecule has 0 saturated carbocycles. The van der Waals surface area contributed by atoms with Gasteiger partial charge in [-0.1, -0.05) is 97.1 Å². The van der Waals surface area contributed by atoms with Gasteiger partial charge in [-0.15, -0.1) is 0 Å².